The van der Waals surface area contributed by atoms with Crippen molar-refractivity contribution in [1.29, 1.82) is 0 Å². The monoisotopic (exact) mass is 267 g/mol. The second kappa shape index (κ2) is 6.01. The highest BCUT2D eigenvalue weighted by Gasteiger charge is 2.29. The van der Waals surface area contributed by atoms with E-state index in [-0.39, 0.29) is 5.91 Å². The lowest BCUT2D eigenvalue weighted by molar-refractivity contribution is -0.118. The summed E-state index contributed by atoms with van der Waals surface area (Å²) < 4.78 is 2.06. The molecule has 0 spiro atoms. The Morgan fingerprint density at radius 2 is 2.39 bits per heavy atom. The van der Waals surface area contributed by atoms with Crippen LogP contribution in [0.2, 0.25) is 0 Å². The highest BCUT2D eigenvalue weighted by molar-refractivity contribution is 7.99. The first-order valence-electron chi connectivity index (χ1n) is 5.90. The third-order valence-corrected chi connectivity index (χ3v) is 3.55. The molecule has 0 aromatic carbocycles. The summed E-state index contributed by atoms with van der Waals surface area (Å²) in [5, 5.41) is 11.7. The van der Waals surface area contributed by atoms with Crippen molar-refractivity contribution in [3.05, 3.63) is 18.5 Å². The van der Waals surface area contributed by atoms with E-state index in [1.807, 2.05) is 0 Å². The van der Waals surface area contributed by atoms with Gasteiger partial charge in [-0.1, -0.05) is 17.8 Å². The van der Waals surface area contributed by atoms with Crippen LogP contribution in [0.5, 0.6) is 0 Å². The minimum atomic E-state index is -0.0282. The predicted molar refractivity (Wildman–Crippen MR) is 70.1 cm³/mol. The Morgan fingerprint density at radius 1 is 1.61 bits per heavy atom. The van der Waals surface area contributed by atoms with Crippen molar-refractivity contribution in [3.63, 3.8) is 0 Å². The van der Waals surface area contributed by atoms with Crippen molar-refractivity contribution in [3.8, 4) is 0 Å². The zero-order chi connectivity index (χ0) is 13.0. The van der Waals surface area contributed by atoms with Gasteiger partial charge < -0.3 is 15.6 Å². The number of hydrogen-bond acceptors (Lipinski definition) is 5. The smallest absolute Gasteiger partial charge is 0.230 e. The third-order valence-electron chi connectivity index (χ3n) is 2.61. The molecule has 1 aliphatic carbocycles. The molecule has 1 amide bonds. The van der Waals surface area contributed by atoms with E-state index in [9.17, 15) is 4.79 Å². The fraction of sp³-hybridized carbons (Fsp3) is 0.545. The van der Waals surface area contributed by atoms with Crippen LogP contribution in [0.15, 0.2) is 17.8 Å². The SMILES string of the molecule is C=CCNC(=O)CSc1nnc(CN)n1C1CC1. The van der Waals surface area contributed by atoms with E-state index in [0.717, 1.165) is 23.8 Å². The standard InChI is InChI=1S/C11H17N5OS/c1-2-5-13-10(17)7-18-11-15-14-9(6-12)16(11)8-3-4-8/h2,8H,1,3-7,12H2,(H,13,17). The number of amides is 1. The van der Waals surface area contributed by atoms with E-state index in [2.05, 4.69) is 26.7 Å². The summed E-state index contributed by atoms with van der Waals surface area (Å²) >= 11 is 1.40. The summed E-state index contributed by atoms with van der Waals surface area (Å²) in [4.78, 5) is 11.5. The quantitative estimate of drug-likeness (QED) is 0.554. The Hall–Kier alpha value is -1.34. The van der Waals surface area contributed by atoms with Crippen molar-refractivity contribution in [1.82, 2.24) is 20.1 Å². The van der Waals surface area contributed by atoms with Crippen molar-refractivity contribution >= 4 is 17.7 Å². The fourth-order valence-corrected chi connectivity index (χ4v) is 2.47. The average molecular weight is 267 g/mol. The van der Waals surface area contributed by atoms with Crippen molar-refractivity contribution in [2.45, 2.75) is 30.6 Å². The molecular formula is C11H17N5OS. The minimum absolute atomic E-state index is 0.0282. The van der Waals surface area contributed by atoms with Crippen LogP contribution in [-0.2, 0) is 11.3 Å². The van der Waals surface area contributed by atoms with Gasteiger partial charge in [0.25, 0.3) is 0 Å². The van der Waals surface area contributed by atoms with E-state index < -0.39 is 0 Å². The van der Waals surface area contributed by atoms with Crippen LogP contribution >= 0.6 is 11.8 Å². The number of nitrogens with two attached hydrogens (primary N) is 1. The van der Waals surface area contributed by atoms with Crippen LogP contribution in [0.4, 0.5) is 0 Å². The van der Waals surface area contributed by atoms with Crippen molar-refractivity contribution in [2.24, 2.45) is 5.73 Å². The number of nitrogens with one attached hydrogen (secondary N) is 1. The van der Waals surface area contributed by atoms with E-state index in [4.69, 9.17) is 5.73 Å². The average Bonchev–Trinajstić information content (AvgIpc) is 3.14. The number of rotatable bonds is 7. The molecule has 1 aromatic rings. The molecule has 1 aliphatic rings. The number of nitrogens with zero attached hydrogens (tertiary/aromatic N) is 3. The predicted octanol–water partition coefficient (Wildman–Crippen LogP) is 0.466. The number of thioether (sulfide) groups is 1. The van der Waals surface area contributed by atoms with E-state index in [1.165, 1.54) is 11.8 Å². The van der Waals surface area contributed by atoms with Crippen LogP contribution in [0, 0.1) is 0 Å². The third kappa shape index (κ3) is 3.11. The molecule has 0 radical (unpaired) electrons. The molecule has 1 fully saturated rings. The normalized spacial score (nSPS) is 14.5. The Labute approximate surface area is 110 Å². The molecule has 0 saturated heterocycles. The lowest BCUT2D eigenvalue weighted by Gasteiger charge is -2.07. The van der Waals surface area contributed by atoms with Gasteiger partial charge in [-0.15, -0.1) is 16.8 Å². The second-order valence-corrected chi connectivity index (χ2v) is 5.03. The zero-order valence-corrected chi connectivity index (χ0v) is 10.9. The largest absolute Gasteiger partial charge is 0.352 e. The Morgan fingerprint density at radius 3 is 3.00 bits per heavy atom. The first-order chi connectivity index (χ1) is 8.76. The molecular weight excluding hydrogens is 250 g/mol. The number of carbonyl (C=O) groups excluding carboxylic acids is 1. The molecule has 98 valence electrons. The van der Waals surface area contributed by atoms with Crippen LogP contribution in [0.25, 0.3) is 0 Å². The molecule has 0 atom stereocenters. The lowest BCUT2D eigenvalue weighted by Crippen LogP contribution is -2.25. The van der Waals surface area contributed by atoms with E-state index in [1.54, 1.807) is 6.08 Å². The Balaban J connectivity index is 1.94. The molecule has 0 bridgehead atoms. The summed E-state index contributed by atoms with van der Waals surface area (Å²) in [6.07, 6.45) is 3.93. The molecule has 3 N–H and O–H groups in total. The van der Waals surface area contributed by atoms with Gasteiger partial charge in [0.05, 0.1) is 12.3 Å². The lowest BCUT2D eigenvalue weighted by atomic mass is 10.5. The van der Waals surface area contributed by atoms with Gasteiger partial charge in [-0.25, -0.2) is 0 Å². The summed E-state index contributed by atoms with van der Waals surface area (Å²) in [5.74, 6) is 1.11. The molecule has 7 heteroatoms. The molecule has 6 nitrogen and oxygen atoms in total. The highest BCUT2D eigenvalue weighted by Crippen LogP contribution is 2.38. The zero-order valence-electron chi connectivity index (χ0n) is 10.1. The maximum Gasteiger partial charge on any atom is 0.230 e. The van der Waals surface area contributed by atoms with Gasteiger partial charge >= 0.3 is 0 Å². The summed E-state index contributed by atoms with van der Waals surface area (Å²) in [5.41, 5.74) is 5.63. The maximum atomic E-state index is 11.5. The molecule has 2 rings (SSSR count). The summed E-state index contributed by atoms with van der Waals surface area (Å²) in [6, 6.07) is 0.470. The van der Waals surface area contributed by atoms with Crippen molar-refractivity contribution in [2.75, 3.05) is 12.3 Å². The molecule has 1 heterocycles. The van der Waals surface area contributed by atoms with Crippen LogP contribution in [0.1, 0.15) is 24.7 Å². The minimum Gasteiger partial charge on any atom is -0.352 e. The Bertz CT molecular complexity index is 441. The maximum absolute atomic E-state index is 11.5. The highest BCUT2D eigenvalue weighted by atomic mass is 32.2. The Kier molecular flexibility index (Phi) is 4.38. The van der Waals surface area contributed by atoms with Gasteiger partial charge in [-0.05, 0) is 12.8 Å². The fourth-order valence-electron chi connectivity index (χ4n) is 1.61. The summed E-state index contributed by atoms with van der Waals surface area (Å²) in [6.45, 7) is 4.42. The number of aromatic nitrogens is 3. The first kappa shape index (κ1) is 13.1. The van der Waals surface area contributed by atoms with Gasteiger partial charge in [0, 0.05) is 12.6 Å². The molecule has 0 aliphatic heterocycles. The first-order valence-corrected chi connectivity index (χ1v) is 6.89. The van der Waals surface area contributed by atoms with E-state index in [0.29, 0.717) is 24.9 Å². The van der Waals surface area contributed by atoms with Gasteiger partial charge in [0.15, 0.2) is 5.16 Å². The molecule has 1 saturated carbocycles. The van der Waals surface area contributed by atoms with Gasteiger partial charge in [-0.3, -0.25) is 4.79 Å². The van der Waals surface area contributed by atoms with Gasteiger partial charge in [-0.2, -0.15) is 0 Å². The second-order valence-electron chi connectivity index (χ2n) is 4.09. The molecule has 18 heavy (non-hydrogen) atoms. The van der Waals surface area contributed by atoms with Gasteiger partial charge in [0.1, 0.15) is 5.82 Å². The van der Waals surface area contributed by atoms with Crippen LogP contribution in [-0.4, -0.2) is 33.0 Å². The summed E-state index contributed by atoms with van der Waals surface area (Å²) in [7, 11) is 0. The van der Waals surface area contributed by atoms with Crippen LogP contribution < -0.4 is 11.1 Å². The number of carbonyl (C=O) groups is 1. The molecule has 0 unspecified atom stereocenters. The topological polar surface area (TPSA) is 85.8 Å². The van der Waals surface area contributed by atoms with Crippen LogP contribution in [0.3, 0.4) is 0 Å². The molecule has 1 aromatic heterocycles. The van der Waals surface area contributed by atoms with Crippen molar-refractivity contribution < 1.29 is 4.79 Å². The van der Waals surface area contributed by atoms with Gasteiger partial charge in [0.2, 0.25) is 5.91 Å². The number of hydrogen-bond donors (Lipinski definition) is 2. The van der Waals surface area contributed by atoms with E-state index >= 15 is 0 Å².